The molecule has 1 atom stereocenters. The predicted octanol–water partition coefficient (Wildman–Crippen LogP) is 1.75. The molecule has 0 bridgehead atoms. The molecule has 2 aromatic rings. The number of ether oxygens (including phenoxy) is 1. The number of amides is 1. The van der Waals surface area contributed by atoms with Crippen molar-refractivity contribution in [3.63, 3.8) is 0 Å². The molecule has 1 aromatic carbocycles. The lowest BCUT2D eigenvalue weighted by Gasteiger charge is -2.09. The number of aliphatic carboxylic acids is 1. The fourth-order valence-electron chi connectivity index (χ4n) is 1.90. The molecule has 0 saturated carbocycles. The van der Waals surface area contributed by atoms with Crippen LogP contribution in [0.3, 0.4) is 0 Å². The number of nitrogens with one attached hydrogen (secondary N) is 1. The van der Waals surface area contributed by atoms with E-state index in [-0.39, 0.29) is 25.7 Å². The van der Waals surface area contributed by atoms with Crippen molar-refractivity contribution in [2.45, 2.75) is 12.8 Å². The fourth-order valence-corrected chi connectivity index (χ4v) is 1.90. The zero-order valence-corrected chi connectivity index (χ0v) is 11.7. The summed E-state index contributed by atoms with van der Waals surface area (Å²) >= 11 is 0. The third-order valence-electron chi connectivity index (χ3n) is 3.04. The SMILES string of the molecule is CC(C(=O)NCCOCC(=O)O)c1cc2ccccc2o1. The molecule has 1 amide bonds. The van der Waals surface area contributed by atoms with Gasteiger partial charge in [0.2, 0.25) is 5.91 Å². The Kier molecular flexibility index (Phi) is 4.94. The summed E-state index contributed by atoms with van der Waals surface area (Å²) in [5.41, 5.74) is 0.747. The number of fused-ring (bicyclic) bond motifs is 1. The number of benzene rings is 1. The third kappa shape index (κ3) is 4.06. The molecule has 2 N–H and O–H groups in total. The van der Waals surface area contributed by atoms with E-state index in [1.165, 1.54) is 0 Å². The highest BCUT2D eigenvalue weighted by molar-refractivity contribution is 5.85. The van der Waals surface area contributed by atoms with Gasteiger partial charge < -0.3 is 19.6 Å². The van der Waals surface area contributed by atoms with E-state index in [0.717, 1.165) is 11.0 Å². The Hall–Kier alpha value is -2.34. The maximum atomic E-state index is 12.0. The molecule has 1 heterocycles. The van der Waals surface area contributed by atoms with Gasteiger partial charge in [0.1, 0.15) is 18.0 Å². The van der Waals surface area contributed by atoms with E-state index in [1.54, 1.807) is 6.92 Å². The minimum Gasteiger partial charge on any atom is -0.480 e. The van der Waals surface area contributed by atoms with E-state index in [9.17, 15) is 9.59 Å². The van der Waals surface area contributed by atoms with Crippen LogP contribution in [0.4, 0.5) is 0 Å². The first-order chi connectivity index (χ1) is 10.1. The lowest BCUT2D eigenvalue weighted by molar-refractivity contribution is -0.142. The van der Waals surface area contributed by atoms with Gasteiger partial charge in [-0.15, -0.1) is 0 Å². The van der Waals surface area contributed by atoms with Crippen molar-refractivity contribution in [1.29, 1.82) is 0 Å². The van der Waals surface area contributed by atoms with Gasteiger partial charge >= 0.3 is 5.97 Å². The number of carbonyl (C=O) groups excluding carboxylic acids is 1. The zero-order valence-electron chi connectivity index (χ0n) is 11.7. The van der Waals surface area contributed by atoms with Gasteiger partial charge in [-0.25, -0.2) is 4.79 Å². The molecule has 0 aliphatic rings. The Morgan fingerprint density at radius 2 is 2.14 bits per heavy atom. The van der Waals surface area contributed by atoms with Crippen LogP contribution in [0.1, 0.15) is 18.6 Å². The van der Waals surface area contributed by atoms with Crippen LogP contribution < -0.4 is 5.32 Å². The Bertz CT molecular complexity index is 601. The van der Waals surface area contributed by atoms with E-state index >= 15 is 0 Å². The minimum atomic E-state index is -1.03. The van der Waals surface area contributed by atoms with Gasteiger partial charge in [-0.2, -0.15) is 0 Å². The minimum absolute atomic E-state index is 0.158. The summed E-state index contributed by atoms with van der Waals surface area (Å²) in [6.45, 7) is 1.81. The van der Waals surface area contributed by atoms with Crippen LogP contribution in [-0.2, 0) is 14.3 Å². The fraction of sp³-hybridized carbons (Fsp3) is 0.333. The summed E-state index contributed by atoms with van der Waals surface area (Å²) in [4.78, 5) is 22.2. The van der Waals surface area contributed by atoms with Crippen molar-refractivity contribution in [3.8, 4) is 0 Å². The summed E-state index contributed by atoms with van der Waals surface area (Å²) in [7, 11) is 0. The van der Waals surface area contributed by atoms with Gasteiger partial charge in [-0.05, 0) is 19.1 Å². The summed E-state index contributed by atoms with van der Waals surface area (Å²) in [6.07, 6.45) is 0. The highest BCUT2D eigenvalue weighted by Crippen LogP contribution is 2.24. The first kappa shape index (κ1) is 15.1. The smallest absolute Gasteiger partial charge is 0.329 e. The molecule has 21 heavy (non-hydrogen) atoms. The Morgan fingerprint density at radius 3 is 2.86 bits per heavy atom. The van der Waals surface area contributed by atoms with E-state index in [4.69, 9.17) is 14.3 Å². The molecular weight excluding hydrogens is 274 g/mol. The summed E-state index contributed by atoms with van der Waals surface area (Å²) in [5.74, 6) is -1.04. The molecule has 0 fully saturated rings. The first-order valence-electron chi connectivity index (χ1n) is 6.63. The molecule has 6 heteroatoms. The Balaban J connectivity index is 1.85. The van der Waals surface area contributed by atoms with Crippen LogP contribution in [0.5, 0.6) is 0 Å². The molecule has 1 unspecified atom stereocenters. The van der Waals surface area contributed by atoms with Gasteiger partial charge in [0.15, 0.2) is 0 Å². The number of hydrogen-bond acceptors (Lipinski definition) is 4. The summed E-state index contributed by atoms with van der Waals surface area (Å²) in [6, 6.07) is 9.41. The molecule has 112 valence electrons. The van der Waals surface area contributed by atoms with Crippen LogP contribution in [0, 0.1) is 0 Å². The van der Waals surface area contributed by atoms with Crippen LogP contribution in [0.2, 0.25) is 0 Å². The molecule has 2 rings (SSSR count). The number of carboxylic acids is 1. The van der Waals surface area contributed by atoms with Crippen molar-refractivity contribution < 1.29 is 23.8 Å². The third-order valence-corrected chi connectivity index (χ3v) is 3.04. The van der Waals surface area contributed by atoms with E-state index in [1.807, 2.05) is 30.3 Å². The molecule has 6 nitrogen and oxygen atoms in total. The van der Waals surface area contributed by atoms with Gasteiger partial charge in [0.05, 0.1) is 12.5 Å². The van der Waals surface area contributed by atoms with Gasteiger partial charge in [-0.3, -0.25) is 4.79 Å². The maximum absolute atomic E-state index is 12.0. The van der Waals surface area contributed by atoms with Crippen LogP contribution >= 0.6 is 0 Å². The van der Waals surface area contributed by atoms with E-state index < -0.39 is 11.9 Å². The van der Waals surface area contributed by atoms with Crippen molar-refractivity contribution >= 4 is 22.8 Å². The topological polar surface area (TPSA) is 88.8 Å². The number of rotatable bonds is 7. The molecular formula is C15H17NO5. The highest BCUT2D eigenvalue weighted by atomic mass is 16.5. The monoisotopic (exact) mass is 291 g/mol. The Morgan fingerprint density at radius 1 is 1.38 bits per heavy atom. The van der Waals surface area contributed by atoms with Crippen molar-refractivity contribution in [3.05, 3.63) is 36.1 Å². The standard InChI is InChI=1S/C15H17NO5/c1-10(15(19)16-6-7-20-9-14(17)18)13-8-11-4-2-3-5-12(11)21-13/h2-5,8,10H,6-7,9H2,1H3,(H,16,19)(H,17,18). The maximum Gasteiger partial charge on any atom is 0.329 e. The normalized spacial score (nSPS) is 12.2. The van der Waals surface area contributed by atoms with E-state index in [2.05, 4.69) is 5.32 Å². The van der Waals surface area contributed by atoms with Crippen LogP contribution in [0.25, 0.3) is 11.0 Å². The lowest BCUT2D eigenvalue weighted by Crippen LogP contribution is -2.31. The number of hydrogen-bond donors (Lipinski definition) is 2. The van der Waals surface area contributed by atoms with Crippen molar-refractivity contribution in [2.24, 2.45) is 0 Å². The second kappa shape index (κ2) is 6.90. The summed E-state index contributed by atoms with van der Waals surface area (Å²) < 4.78 is 10.5. The Labute approximate surface area is 121 Å². The largest absolute Gasteiger partial charge is 0.480 e. The quantitative estimate of drug-likeness (QED) is 0.759. The number of furan rings is 1. The number of para-hydroxylation sites is 1. The highest BCUT2D eigenvalue weighted by Gasteiger charge is 2.18. The zero-order chi connectivity index (χ0) is 15.2. The molecule has 0 saturated heterocycles. The predicted molar refractivity (Wildman–Crippen MR) is 76.1 cm³/mol. The average molecular weight is 291 g/mol. The molecule has 0 spiro atoms. The number of carboxylic acid groups (broad SMARTS) is 1. The van der Waals surface area contributed by atoms with Gasteiger partial charge in [0.25, 0.3) is 0 Å². The summed E-state index contributed by atoms with van der Waals surface area (Å²) in [5, 5.41) is 12.0. The lowest BCUT2D eigenvalue weighted by atomic mass is 10.1. The second-order valence-corrected chi connectivity index (χ2v) is 4.65. The van der Waals surface area contributed by atoms with Crippen LogP contribution in [-0.4, -0.2) is 36.7 Å². The van der Waals surface area contributed by atoms with Crippen molar-refractivity contribution in [2.75, 3.05) is 19.8 Å². The molecule has 0 radical (unpaired) electrons. The molecule has 0 aliphatic carbocycles. The average Bonchev–Trinajstić information content (AvgIpc) is 2.89. The number of carbonyl (C=O) groups is 2. The van der Waals surface area contributed by atoms with Gasteiger partial charge in [0, 0.05) is 11.9 Å². The van der Waals surface area contributed by atoms with Crippen LogP contribution in [0.15, 0.2) is 34.7 Å². The molecule has 1 aromatic heterocycles. The van der Waals surface area contributed by atoms with Gasteiger partial charge in [-0.1, -0.05) is 18.2 Å². The first-order valence-corrected chi connectivity index (χ1v) is 6.63. The van der Waals surface area contributed by atoms with E-state index in [0.29, 0.717) is 5.76 Å². The molecule has 0 aliphatic heterocycles. The second-order valence-electron chi connectivity index (χ2n) is 4.65. The van der Waals surface area contributed by atoms with Crippen molar-refractivity contribution in [1.82, 2.24) is 5.32 Å².